The molecule has 2 aromatic carbocycles. The molecule has 150 valence electrons. The Labute approximate surface area is 185 Å². The van der Waals surface area contributed by atoms with Crippen LogP contribution in [0.5, 0.6) is 17.4 Å². The Morgan fingerprint density at radius 2 is 2.00 bits per heavy atom. The van der Waals surface area contributed by atoms with E-state index in [0.717, 1.165) is 15.7 Å². The summed E-state index contributed by atoms with van der Waals surface area (Å²) in [6, 6.07) is 9.27. The highest BCUT2D eigenvalue weighted by Crippen LogP contribution is 2.44. The van der Waals surface area contributed by atoms with E-state index in [2.05, 4.69) is 36.4 Å². The first-order valence-electron chi connectivity index (χ1n) is 8.47. The number of thioether (sulfide) groups is 1. The second kappa shape index (κ2) is 8.25. The number of rotatable bonds is 4. The van der Waals surface area contributed by atoms with Crippen LogP contribution in [0, 0.1) is 0 Å². The number of anilines is 1. The molecule has 1 atom stereocenters. The van der Waals surface area contributed by atoms with E-state index >= 15 is 0 Å². The van der Waals surface area contributed by atoms with Crippen LogP contribution in [0.3, 0.4) is 0 Å². The van der Waals surface area contributed by atoms with E-state index in [9.17, 15) is 0 Å². The van der Waals surface area contributed by atoms with Gasteiger partial charge in [-0.15, -0.1) is 10.2 Å². The summed E-state index contributed by atoms with van der Waals surface area (Å²) in [5.74, 6) is 1.38. The van der Waals surface area contributed by atoms with Crippen LogP contribution in [0.4, 0.5) is 5.69 Å². The summed E-state index contributed by atoms with van der Waals surface area (Å²) >= 11 is 11.2. The summed E-state index contributed by atoms with van der Waals surface area (Å²) in [6.07, 6.45) is 1.23. The molecule has 29 heavy (non-hydrogen) atoms. The van der Waals surface area contributed by atoms with E-state index in [4.69, 9.17) is 25.8 Å². The van der Waals surface area contributed by atoms with Gasteiger partial charge in [0.05, 0.1) is 19.8 Å². The molecule has 10 heteroatoms. The maximum atomic E-state index is 6.32. The molecule has 3 aromatic rings. The van der Waals surface area contributed by atoms with Gasteiger partial charge in [-0.05, 0) is 30.5 Å². The van der Waals surface area contributed by atoms with E-state index in [1.165, 1.54) is 11.8 Å². The molecule has 0 spiro atoms. The van der Waals surface area contributed by atoms with Crippen molar-refractivity contribution in [2.45, 2.75) is 11.4 Å². The maximum Gasteiger partial charge on any atom is 0.247 e. The van der Waals surface area contributed by atoms with Gasteiger partial charge in [0.1, 0.15) is 0 Å². The first-order chi connectivity index (χ1) is 14.0. The van der Waals surface area contributed by atoms with Crippen molar-refractivity contribution >= 4 is 45.0 Å². The molecule has 0 saturated heterocycles. The highest BCUT2D eigenvalue weighted by atomic mass is 79.9. The van der Waals surface area contributed by atoms with Crippen LogP contribution in [-0.4, -0.2) is 35.7 Å². The fourth-order valence-corrected chi connectivity index (χ4v) is 3.93. The lowest BCUT2D eigenvalue weighted by Crippen LogP contribution is -2.18. The lowest BCUT2D eigenvalue weighted by molar-refractivity contribution is 0.218. The summed E-state index contributed by atoms with van der Waals surface area (Å²) in [5, 5.41) is 12.9. The van der Waals surface area contributed by atoms with Crippen molar-refractivity contribution in [2.24, 2.45) is 0 Å². The van der Waals surface area contributed by atoms with Gasteiger partial charge >= 0.3 is 0 Å². The first-order valence-corrected chi connectivity index (χ1v) is 10.9. The number of hydrogen-bond acceptors (Lipinski definition) is 8. The number of hydrogen-bond donors (Lipinski definition) is 1. The van der Waals surface area contributed by atoms with Crippen molar-refractivity contribution < 1.29 is 14.2 Å². The summed E-state index contributed by atoms with van der Waals surface area (Å²) in [7, 11) is 3.13. The SMILES string of the molecule is COc1cc(Cl)cc([C@@H]2Nc3ccc(Br)cc3-c3nnc(SC)nc3O2)c1OC. The number of methoxy groups -OCH3 is 2. The molecule has 0 saturated carbocycles. The number of ether oxygens (including phenoxy) is 3. The van der Waals surface area contributed by atoms with Gasteiger partial charge in [-0.25, -0.2) is 0 Å². The average molecular weight is 496 g/mol. The quantitative estimate of drug-likeness (QED) is 0.495. The fourth-order valence-electron chi connectivity index (χ4n) is 3.05. The zero-order chi connectivity index (χ0) is 20.5. The number of benzene rings is 2. The second-order valence-corrected chi connectivity index (χ2v) is 8.14. The fraction of sp³-hybridized carbons (Fsp3) is 0.211. The van der Waals surface area contributed by atoms with Crippen molar-refractivity contribution in [3.63, 3.8) is 0 Å². The van der Waals surface area contributed by atoms with Crippen LogP contribution < -0.4 is 19.5 Å². The van der Waals surface area contributed by atoms with E-state index in [-0.39, 0.29) is 0 Å². The van der Waals surface area contributed by atoms with Crippen molar-refractivity contribution in [3.05, 3.63) is 45.4 Å². The van der Waals surface area contributed by atoms with Crippen LogP contribution in [0.2, 0.25) is 5.02 Å². The summed E-state index contributed by atoms with van der Waals surface area (Å²) in [6.45, 7) is 0. The number of nitrogens with zero attached hydrogens (tertiary/aromatic N) is 3. The maximum absolute atomic E-state index is 6.32. The van der Waals surface area contributed by atoms with Crippen molar-refractivity contribution in [3.8, 4) is 28.6 Å². The van der Waals surface area contributed by atoms with Gasteiger partial charge in [0.2, 0.25) is 17.3 Å². The molecule has 0 bridgehead atoms. The van der Waals surface area contributed by atoms with Gasteiger partial charge in [-0.3, -0.25) is 0 Å². The third-order valence-corrected chi connectivity index (χ3v) is 5.58. The summed E-state index contributed by atoms with van der Waals surface area (Å²) < 4.78 is 18.2. The van der Waals surface area contributed by atoms with Crippen LogP contribution in [0.15, 0.2) is 40.0 Å². The Bertz CT molecular complexity index is 1090. The molecule has 4 rings (SSSR count). The minimum Gasteiger partial charge on any atom is -0.493 e. The number of fused-ring (bicyclic) bond motifs is 3. The largest absolute Gasteiger partial charge is 0.493 e. The first kappa shape index (κ1) is 20.1. The molecular formula is C19H16BrClN4O3S. The lowest BCUT2D eigenvalue weighted by Gasteiger charge is -2.22. The Balaban J connectivity index is 1.92. The van der Waals surface area contributed by atoms with Crippen LogP contribution >= 0.6 is 39.3 Å². The van der Waals surface area contributed by atoms with Gasteiger partial charge < -0.3 is 19.5 Å². The highest BCUT2D eigenvalue weighted by molar-refractivity contribution is 9.10. The zero-order valence-electron chi connectivity index (χ0n) is 15.7. The predicted octanol–water partition coefficient (Wildman–Crippen LogP) is 5.20. The standard InChI is InChI=1S/C19H16BrClN4O3S/c1-26-14-8-10(21)7-12(16(14)27-2)17-22-13-5-4-9(20)6-11(13)15-18(28-17)23-19(29-3)25-24-15/h4-8,17,22H,1-3H3/t17-/m1/s1. The molecule has 0 radical (unpaired) electrons. The third-order valence-electron chi connectivity index (χ3n) is 4.33. The van der Waals surface area contributed by atoms with Crippen molar-refractivity contribution in [1.29, 1.82) is 0 Å². The monoisotopic (exact) mass is 494 g/mol. The lowest BCUT2D eigenvalue weighted by atomic mass is 10.1. The Morgan fingerprint density at radius 1 is 1.17 bits per heavy atom. The van der Waals surface area contributed by atoms with Gasteiger partial charge in [0.25, 0.3) is 0 Å². The predicted molar refractivity (Wildman–Crippen MR) is 116 cm³/mol. The van der Waals surface area contributed by atoms with E-state index in [0.29, 0.717) is 38.8 Å². The topological polar surface area (TPSA) is 78.4 Å². The van der Waals surface area contributed by atoms with Gasteiger partial charge in [-0.1, -0.05) is 39.3 Å². The normalized spacial score (nSPS) is 14.7. The molecule has 1 aliphatic heterocycles. The Kier molecular flexibility index (Phi) is 5.71. The minimum atomic E-state index is -0.648. The van der Waals surface area contributed by atoms with Crippen LogP contribution in [0.1, 0.15) is 11.8 Å². The number of nitrogens with one attached hydrogen (secondary N) is 1. The Hall–Kier alpha value is -2.23. The highest BCUT2D eigenvalue weighted by Gasteiger charge is 2.29. The summed E-state index contributed by atoms with van der Waals surface area (Å²) in [5.41, 5.74) is 2.84. The van der Waals surface area contributed by atoms with Crippen molar-refractivity contribution in [2.75, 3.05) is 25.8 Å². The van der Waals surface area contributed by atoms with E-state index in [1.807, 2.05) is 24.5 Å². The number of aromatic nitrogens is 3. The van der Waals surface area contributed by atoms with Gasteiger partial charge in [0.15, 0.2) is 17.2 Å². The van der Waals surface area contributed by atoms with E-state index in [1.54, 1.807) is 26.4 Å². The summed E-state index contributed by atoms with van der Waals surface area (Å²) in [4.78, 5) is 4.52. The van der Waals surface area contributed by atoms with E-state index < -0.39 is 6.23 Å². The molecule has 1 aliphatic rings. The third kappa shape index (κ3) is 3.82. The van der Waals surface area contributed by atoms with Crippen molar-refractivity contribution in [1.82, 2.24) is 15.2 Å². The molecule has 0 amide bonds. The molecular weight excluding hydrogens is 480 g/mol. The number of halogens is 2. The molecule has 0 aliphatic carbocycles. The zero-order valence-corrected chi connectivity index (χ0v) is 18.9. The average Bonchev–Trinajstić information content (AvgIpc) is 2.88. The minimum absolute atomic E-state index is 0.361. The molecule has 1 N–H and O–H groups in total. The second-order valence-electron chi connectivity index (χ2n) is 6.01. The van der Waals surface area contributed by atoms with Crippen LogP contribution in [-0.2, 0) is 0 Å². The smallest absolute Gasteiger partial charge is 0.247 e. The molecule has 7 nitrogen and oxygen atoms in total. The molecule has 1 aromatic heterocycles. The molecule has 0 fully saturated rings. The van der Waals surface area contributed by atoms with Gasteiger partial charge in [-0.2, -0.15) is 4.98 Å². The van der Waals surface area contributed by atoms with Gasteiger partial charge in [0, 0.05) is 26.8 Å². The molecule has 2 heterocycles. The Morgan fingerprint density at radius 3 is 2.72 bits per heavy atom. The molecule has 0 unspecified atom stereocenters. The van der Waals surface area contributed by atoms with Crippen LogP contribution in [0.25, 0.3) is 11.3 Å².